The lowest BCUT2D eigenvalue weighted by Crippen LogP contribution is -2.17. The Labute approximate surface area is 158 Å². The zero-order valence-electron chi connectivity index (χ0n) is 14.3. The quantitative estimate of drug-likeness (QED) is 0.603. The molecule has 0 atom stereocenters. The Balaban J connectivity index is 1.62. The summed E-state index contributed by atoms with van der Waals surface area (Å²) < 4.78 is 48.7. The summed E-state index contributed by atoms with van der Waals surface area (Å²) in [4.78, 5) is 12.1. The summed E-state index contributed by atoms with van der Waals surface area (Å²) in [7, 11) is 0. The number of alkyl halides is 3. The van der Waals surface area contributed by atoms with E-state index in [1.54, 1.807) is 24.3 Å². The van der Waals surface area contributed by atoms with Crippen molar-refractivity contribution in [2.75, 3.05) is 12.1 Å². The number of carbonyl (C=O) groups excluding carboxylic acids is 1. The number of anilines is 1. The number of hydrogen-bond acceptors (Lipinski definition) is 5. The number of fused-ring (bicyclic) bond motifs is 1. The standard InChI is InChI=1S/C19H14F3N3O3/c20-19(21,22)14-2-1-3-15(7-14)25-18(26)13(8-23)10-24-9-12-4-5-16-17(6-12)28-11-27-16/h1-7,10,24H,9,11H2,(H,25,26)/b13-10-. The van der Waals surface area contributed by atoms with Crippen molar-refractivity contribution in [1.29, 1.82) is 5.26 Å². The lowest BCUT2D eigenvalue weighted by Gasteiger charge is -2.09. The number of halogens is 3. The van der Waals surface area contributed by atoms with Gasteiger partial charge in [0.1, 0.15) is 11.6 Å². The van der Waals surface area contributed by atoms with Gasteiger partial charge in [0.05, 0.1) is 5.56 Å². The molecule has 0 unspecified atom stereocenters. The maximum absolute atomic E-state index is 12.7. The van der Waals surface area contributed by atoms with Gasteiger partial charge in [-0.2, -0.15) is 18.4 Å². The average Bonchev–Trinajstić information content (AvgIpc) is 3.12. The van der Waals surface area contributed by atoms with Gasteiger partial charge < -0.3 is 20.1 Å². The van der Waals surface area contributed by atoms with Gasteiger partial charge >= 0.3 is 6.18 Å². The van der Waals surface area contributed by atoms with E-state index in [-0.39, 0.29) is 18.1 Å². The summed E-state index contributed by atoms with van der Waals surface area (Å²) in [5, 5.41) is 14.3. The monoisotopic (exact) mass is 389 g/mol. The number of nitriles is 1. The number of hydrogen-bond donors (Lipinski definition) is 2. The molecular formula is C19H14F3N3O3. The van der Waals surface area contributed by atoms with Crippen LogP contribution < -0.4 is 20.1 Å². The Bertz CT molecular complexity index is 965. The van der Waals surface area contributed by atoms with Gasteiger partial charge in [-0.1, -0.05) is 12.1 Å². The molecule has 2 N–H and O–H groups in total. The maximum atomic E-state index is 12.7. The van der Waals surface area contributed by atoms with Gasteiger partial charge in [0.25, 0.3) is 5.91 Å². The first kappa shape index (κ1) is 19.1. The topological polar surface area (TPSA) is 83.4 Å². The fourth-order valence-electron chi connectivity index (χ4n) is 2.44. The minimum Gasteiger partial charge on any atom is -0.454 e. The summed E-state index contributed by atoms with van der Waals surface area (Å²) >= 11 is 0. The summed E-state index contributed by atoms with van der Waals surface area (Å²) in [5.74, 6) is 0.420. The molecule has 0 saturated carbocycles. The number of ether oxygens (including phenoxy) is 2. The molecule has 1 aliphatic rings. The molecule has 0 fully saturated rings. The van der Waals surface area contributed by atoms with Crippen molar-refractivity contribution in [2.45, 2.75) is 12.7 Å². The van der Waals surface area contributed by atoms with Crippen LogP contribution in [0.5, 0.6) is 11.5 Å². The molecule has 0 spiro atoms. The number of rotatable bonds is 5. The van der Waals surface area contributed by atoms with Crippen LogP contribution in [-0.4, -0.2) is 12.7 Å². The Kier molecular flexibility index (Phi) is 5.40. The highest BCUT2D eigenvalue weighted by Crippen LogP contribution is 2.32. The third-order valence-corrected chi connectivity index (χ3v) is 3.80. The summed E-state index contributed by atoms with van der Waals surface area (Å²) in [6.45, 7) is 0.457. The third kappa shape index (κ3) is 4.54. The van der Waals surface area contributed by atoms with Crippen LogP contribution in [0, 0.1) is 11.3 Å². The minimum atomic E-state index is -4.53. The molecular weight excluding hydrogens is 375 g/mol. The van der Waals surface area contributed by atoms with Crippen molar-refractivity contribution in [3.8, 4) is 17.6 Å². The number of carbonyl (C=O) groups is 1. The van der Waals surface area contributed by atoms with E-state index in [9.17, 15) is 18.0 Å². The Morgan fingerprint density at radius 3 is 2.71 bits per heavy atom. The lowest BCUT2D eigenvalue weighted by molar-refractivity contribution is -0.137. The van der Waals surface area contributed by atoms with Crippen LogP contribution in [0.4, 0.5) is 18.9 Å². The maximum Gasteiger partial charge on any atom is 0.416 e. The van der Waals surface area contributed by atoms with E-state index in [4.69, 9.17) is 14.7 Å². The number of nitrogens with zero attached hydrogens (tertiary/aromatic N) is 1. The molecule has 28 heavy (non-hydrogen) atoms. The largest absolute Gasteiger partial charge is 0.454 e. The Morgan fingerprint density at radius 2 is 1.96 bits per heavy atom. The predicted molar refractivity (Wildman–Crippen MR) is 93.2 cm³/mol. The molecule has 2 aromatic rings. The Hall–Kier alpha value is -3.67. The van der Waals surface area contributed by atoms with Gasteiger partial charge in [0.15, 0.2) is 11.5 Å². The predicted octanol–water partition coefficient (Wildman–Crippen LogP) is 3.57. The molecule has 0 aromatic heterocycles. The van der Waals surface area contributed by atoms with Gasteiger partial charge in [0.2, 0.25) is 6.79 Å². The number of nitrogens with one attached hydrogen (secondary N) is 2. The molecule has 3 rings (SSSR count). The molecule has 0 saturated heterocycles. The Morgan fingerprint density at radius 1 is 1.18 bits per heavy atom. The fourth-order valence-corrected chi connectivity index (χ4v) is 2.44. The molecule has 0 bridgehead atoms. The molecule has 9 heteroatoms. The molecule has 2 aromatic carbocycles. The van der Waals surface area contributed by atoms with Crippen LogP contribution >= 0.6 is 0 Å². The van der Waals surface area contributed by atoms with E-state index in [0.29, 0.717) is 18.0 Å². The van der Waals surface area contributed by atoms with Crippen LogP contribution in [-0.2, 0) is 17.5 Å². The van der Waals surface area contributed by atoms with E-state index in [0.717, 1.165) is 17.7 Å². The average molecular weight is 389 g/mol. The second-order valence-corrected chi connectivity index (χ2v) is 5.77. The van der Waals surface area contributed by atoms with Crippen molar-refractivity contribution < 1.29 is 27.4 Å². The molecule has 1 heterocycles. The van der Waals surface area contributed by atoms with Gasteiger partial charge in [-0.05, 0) is 35.9 Å². The molecule has 144 valence electrons. The first-order valence-corrected chi connectivity index (χ1v) is 8.07. The normalized spacial score (nSPS) is 13.0. The van der Waals surface area contributed by atoms with E-state index < -0.39 is 17.6 Å². The second kappa shape index (κ2) is 7.92. The van der Waals surface area contributed by atoms with Crippen molar-refractivity contribution in [1.82, 2.24) is 5.32 Å². The van der Waals surface area contributed by atoms with Gasteiger partial charge in [-0.25, -0.2) is 0 Å². The SMILES string of the molecule is N#C/C(=C/NCc1ccc2c(c1)OCO2)C(=O)Nc1cccc(C(F)(F)F)c1. The molecule has 1 amide bonds. The zero-order chi connectivity index (χ0) is 20.1. The van der Waals surface area contributed by atoms with Crippen LogP contribution in [0.25, 0.3) is 0 Å². The van der Waals surface area contributed by atoms with Gasteiger partial charge in [0, 0.05) is 18.4 Å². The van der Waals surface area contributed by atoms with Crippen molar-refractivity contribution in [3.63, 3.8) is 0 Å². The minimum absolute atomic E-state index is 0.0586. The summed E-state index contributed by atoms with van der Waals surface area (Å²) in [6, 6.07) is 11.2. The highest BCUT2D eigenvalue weighted by atomic mass is 19.4. The van der Waals surface area contributed by atoms with E-state index in [1.165, 1.54) is 18.3 Å². The fraction of sp³-hybridized carbons (Fsp3) is 0.158. The van der Waals surface area contributed by atoms with E-state index in [1.807, 2.05) is 0 Å². The third-order valence-electron chi connectivity index (χ3n) is 3.80. The highest BCUT2D eigenvalue weighted by molar-refractivity contribution is 6.06. The van der Waals surface area contributed by atoms with Crippen molar-refractivity contribution >= 4 is 11.6 Å². The summed E-state index contributed by atoms with van der Waals surface area (Å²) in [5.41, 5.74) is -0.403. The van der Waals surface area contributed by atoms with E-state index >= 15 is 0 Å². The first-order chi connectivity index (χ1) is 13.4. The molecule has 0 aliphatic carbocycles. The zero-order valence-corrected chi connectivity index (χ0v) is 14.3. The molecule has 0 radical (unpaired) electrons. The number of benzene rings is 2. The van der Waals surface area contributed by atoms with Crippen LogP contribution in [0.3, 0.4) is 0 Å². The number of amides is 1. The molecule has 6 nitrogen and oxygen atoms in total. The second-order valence-electron chi connectivity index (χ2n) is 5.77. The highest BCUT2D eigenvalue weighted by Gasteiger charge is 2.30. The molecule has 1 aliphatic heterocycles. The van der Waals surface area contributed by atoms with E-state index in [2.05, 4.69) is 10.6 Å². The van der Waals surface area contributed by atoms with Crippen LogP contribution in [0.2, 0.25) is 0 Å². The van der Waals surface area contributed by atoms with Gasteiger partial charge in [-0.15, -0.1) is 0 Å². The van der Waals surface area contributed by atoms with Crippen LogP contribution in [0.15, 0.2) is 54.2 Å². The van der Waals surface area contributed by atoms with Crippen LogP contribution in [0.1, 0.15) is 11.1 Å². The van der Waals surface area contributed by atoms with Crippen molar-refractivity contribution in [2.24, 2.45) is 0 Å². The van der Waals surface area contributed by atoms with Crippen molar-refractivity contribution in [3.05, 3.63) is 65.4 Å². The smallest absolute Gasteiger partial charge is 0.416 e. The van der Waals surface area contributed by atoms with Gasteiger partial charge in [-0.3, -0.25) is 4.79 Å². The lowest BCUT2D eigenvalue weighted by atomic mass is 10.2. The first-order valence-electron chi connectivity index (χ1n) is 8.07. The summed E-state index contributed by atoms with van der Waals surface area (Å²) in [6.07, 6.45) is -3.33.